The van der Waals surface area contributed by atoms with Crippen molar-refractivity contribution in [3.63, 3.8) is 0 Å². The fourth-order valence-electron chi connectivity index (χ4n) is 2.68. The number of halogens is 1. The second kappa shape index (κ2) is 8.33. The van der Waals surface area contributed by atoms with Crippen LogP contribution in [0.1, 0.15) is 22.4 Å². The van der Waals surface area contributed by atoms with Crippen molar-refractivity contribution >= 4 is 41.1 Å². The van der Waals surface area contributed by atoms with Gasteiger partial charge in [-0.3, -0.25) is 4.79 Å². The van der Waals surface area contributed by atoms with Crippen LogP contribution in [-0.4, -0.2) is 38.7 Å². The summed E-state index contributed by atoms with van der Waals surface area (Å²) in [6.07, 6.45) is 18.7. The van der Waals surface area contributed by atoms with Gasteiger partial charge in [-0.05, 0) is 13.0 Å². The van der Waals surface area contributed by atoms with Crippen LogP contribution in [0.3, 0.4) is 0 Å². The number of hydrogen-bond acceptors (Lipinski definition) is 4. The van der Waals surface area contributed by atoms with Crippen molar-refractivity contribution in [3.05, 3.63) is 70.3 Å². The molecule has 27 heavy (non-hydrogen) atoms. The van der Waals surface area contributed by atoms with Gasteiger partial charge in [-0.1, -0.05) is 72.0 Å². The average molecular weight is 399 g/mol. The Kier molecular flexibility index (Phi) is 5.88. The van der Waals surface area contributed by atoms with Crippen molar-refractivity contribution in [2.75, 3.05) is 7.05 Å². The predicted molar refractivity (Wildman–Crippen MR) is 113 cm³/mol. The Labute approximate surface area is 167 Å². The molecular formula is C20H19ClN4OS. The highest BCUT2D eigenvalue weighted by atomic mass is 35.5. The van der Waals surface area contributed by atoms with Crippen LogP contribution < -0.4 is 0 Å². The summed E-state index contributed by atoms with van der Waals surface area (Å²) in [6.45, 7) is 5.67. The van der Waals surface area contributed by atoms with Crippen molar-refractivity contribution in [1.29, 1.82) is 0 Å². The predicted octanol–water partition coefficient (Wildman–Crippen LogP) is 4.92. The Hall–Kier alpha value is -2.70. The molecule has 1 aliphatic rings. The zero-order chi connectivity index (χ0) is 19.4. The Morgan fingerprint density at radius 2 is 2.04 bits per heavy atom. The Balaban J connectivity index is 1.94. The van der Waals surface area contributed by atoms with Crippen LogP contribution >= 0.6 is 22.9 Å². The number of aromatic nitrogens is 3. The molecule has 0 radical (unpaired) electrons. The standard InChI is InChI=1S/C20H19ClN4OS/c1-4-10-16-15(13-22-25(16)5-2)17-18(21)27-19(23-17)20(26)24(3)14-11-8-6-7-9-12-14/h4-14H,2H2,1,3H3/b10-4-. The first-order chi connectivity index (χ1) is 13.1. The van der Waals surface area contributed by atoms with E-state index in [1.165, 1.54) is 11.3 Å². The average Bonchev–Trinajstić information content (AvgIpc) is 3.12. The zero-order valence-electron chi connectivity index (χ0n) is 15.0. The van der Waals surface area contributed by atoms with Gasteiger partial charge in [0.05, 0.1) is 17.9 Å². The summed E-state index contributed by atoms with van der Waals surface area (Å²) in [4.78, 5) is 19.1. The molecule has 138 valence electrons. The SMILES string of the molecule is C=Cn1ncc(-c2nc(C(=O)N(C)C3C=CC=CC=C3)sc2Cl)c1/C=C\C. The topological polar surface area (TPSA) is 51.0 Å². The first kappa shape index (κ1) is 19.1. The Morgan fingerprint density at radius 3 is 2.67 bits per heavy atom. The normalized spacial score (nSPS) is 14.0. The van der Waals surface area contributed by atoms with Crippen LogP contribution in [-0.2, 0) is 0 Å². The second-order valence-corrected chi connectivity index (χ2v) is 7.37. The lowest BCUT2D eigenvalue weighted by molar-refractivity contribution is 0.0782. The molecule has 1 amide bonds. The van der Waals surface area contributed by atoms with E-state index in [1.54, 1.807) is 29.0 Å². The number of amides is 1. The van der Waals surface area contributed by atoms with Gasteiger partial charge in [0, 0.05) is 18.8 Å². The van der Waals surface area contributed by atoms with Crippen LogP contribution in [0.15, 0.2) is 55.3 Å². The molecule has 0 N–H and O–H groups in total. The van der Waals surface area contributed by atoms with Gasteiger partial charge < -0.3 is 4.90 Å². The van der Waals surface area contributed by atoms with Gasteiger partial charge >= 0.3 is 0 Å². The van der Waals surface area contributed by atoms with Gasteiger partial charge in [-0.15, -0.1) is 0 Å². The lowest BCUT2D eigenvalue weighted by atomic mass is 10.2. The number of likely N-dealkylation sites (N-methyl/N-ethyl adjacent to an activating group) is 1. The summed E-state index contributed by atoms with van der Waals surface area (Å²) >= 11 is 7.60. The van der Waals surface area contributed by atoms with E-state index >= 15 is 0 Å². The van der Waals surface area contributed by atoms with E-state index < -0.39 is 0 Å². The van der Waals surface area contributed by atoms with Crippen LogP contribution in [0.4, 0.5) is 0 Å². The molecule has 2 aromatic rings. The van der Waals surface area contributed by atoms with E-state index in [4.69, 9.17) is 11.6 Å². The van der Waals surface area contributed by atoms with Crippen molar-refractivity contribution in [1.82, 2.24) is 19.7 Å². The fraction of sp³-hybridized carbons (Fsp3) is 0.150. The smallest absolute Gasteiger partial charge is 0.283 e. The maximum absolute atomic E-state index is 12.9. The minimum absolute atomic E-state index is 0.138. The van der Waals surface area contributed by atoms with Crippen LogP contribution in [0.25, 0.3) is 23.5 Å². The highest BCUT2D eigenvalue weighted by Crippen LogP contribution is 2.35. The first-order valence-corrected chi connectivity index (χ1v) is 9.54. The Bertz CT molecular complexity index is 964. The van der Waals surface area contributed by atoms with Gasteiger partial charge in [0.15, 0.2) is 5.01 Å². The minimum atomic E-state index is -0.182. The van der Waals surface area contributed by atoms with Crippen LogP contribution in [0, 0.1) is 0 Å². The lowest BCUT2D eigenvalue weighted by Gasteiger charge is -2.21. The van der Waals surface area contributed by atoms with Gasteiger partial charge in [0.2, 0.25) is 0 Å². The number of carbonyl (C=O) groups is 1. The molecule has 2 heterocycles. The van der Waals surface area contributed by atoms with Crippen molar-refractivity contribution < 1.29 is 4.79 Å². The molecule has 0 unspecified atom stereocenters. The molecular weight excluding hydrogens is 380 g/mol. The number of rotatable bonds is 5. The summed E-state index contributed by atoms with van der Waals surface area (Å²) < 4.78 is 2.10. The van der Waals surface area contributed by atoms with E-state index in [0.29, 0.717) is 15.0 Å². The zero-order valence-corrected chi connectivity index (χ0v) is 16.6. The van der Waals surface area contributed by atoms with Gasteiger partial charge in [0.25, 0.3) is 5.91 Å². The molecule has 0 fully saturated rings. The summed E-state index contributed by atoms with van der Waals surface area (Å²) in [5.74, 6) is -0.182. The number of carbonyl (C=O) groups excluding carboxylic acids is 1. The molecule has 0 aliphatic heterocycles. The number of nitrogens with zero attached hydrogens (tertiary/aromatic N) is 4. The van der Waals surface area contributed by atoms with E-state index in [0.717, 1.165) is 11.3 Å². The molecule has 0 spiro atoms. The molecule has 0 atom stereocenters. The third-order valence-electron chi connectivity index (χ3n) is 4.07. The van der Waals surface area contributed by atoms with Crippen molar-refractivity contribution in [2.24, 2.45) is 0 Å². The van der Waals surface area contributed by atoms with Crippen LogP contribution in [0.5, 0.6) is 0 Å². The maximum atomic E-state index is 12.9. The van der Waals surface area contributed by atoms with Gasteiger partial charge in [0.1, 0.15) is 10.0 Å². The van der Waals surface area contributed by atoms with E-state index in [-0.39, 0.29) is 11.9 Å². The van der Waals surface area contributed by atoms with Crippen molar-refractivity contribution in [3.8, 4) is 11.3 Å². The molecule has 0 saturated carbocycles. The van der Waals surface area contributed by atoms with E-state index in [2.05, 4.69) is 16.7 Å². The molecule has 0 aromatic carbocycles. The number of hydrogen-bond donors (Lipinski definition) is 0. The highest BCUT2D eigenvalue weighted by Gasteiger charge is 2.24. The van der Waals surface area contributed by atoms with Crippen molar-refractivity contribution in [2.45, 2.75) is 13.0 Å². The second-order valence-electron chi connectivity index (χ2n) is 5.77. The molecule has 0 saturated heterocycles. The summed E-state index contributed by atoms with van der Waals surface area (Å²) in [6, 6.07) is -0.138. The maximum Gasteiger partial charge on any atom is 0.283 e. The van der Waals surface area contributed by atoms with E-state index in [1.807, 2.05) is 55.5 Å². The highest BCUT2D eigenvalue weighted by molar-refractivity contribution is 7.18. The molecule has 0 bridgehead atoms. The third-order valence-corrected chi connectivity index (χ3v) is 5.32. The lowest BCUT2D eigenvalue weighted by Crippen LogP contribution is -2.34. The number of allylic oxidation sites excluding steroid dienone is 5. The molecule has 3 rings (SSSR count). The van der Waals surface area contributed by atoms with E-state index in [9.17, 15) is 4.79 Å². The largest absolute Gasteiger partial charge is 0.330 e. The van der Waals surface area contributed by atoms with Gasteiger partial charge in [-0.25, -0.2) is 9.67 Å². The molecule has 7 heteroatoms. The summed E-state index contributed by atoms with van der Waals surface area (Å²) in [7, 11) is 1.75. The quantitative estimate of drug-likeness (QED) is 0.718. The molecule has 5 nitrogen and oxygen atoms in total. The molecule has 1 aliphatic carbocycles. The summed E-state index contributed by atoms with van der Waals surface area (Å²) in [5.41, 5.74) is 2.12. The first-order valence-electron chi connectivity index (χ1n) is 8.35. The monoisotopic (exact) mass is 398 g/mol. The minimum Gasteiger partial charge on any atom is -0.330 e. The summed E-state index contributed by atoms with van der Waals surface area (Å²) in [5, 5.41) is 4.62. The molecule has 2 aromatic heterocycles. The van der Waals surface area contributed by atoms with Crippen LogP contribution in [0.2, 0.25) is 4.34 Å². The fourth-order valence-corrected chi connectivity index (χ4v) is 3.83. The number of thiazole rings is 1. The Morgan fingerprint density at radius 1 is 1.33 bits per heavy atom. The van der Waals surface area contributed by atoms with Gasteiger partial charge in [-0.2, -0.15) is 5.10 Å². The third kappa shape index (κ3) is 3.86.